The Kier molecular flexibility index (Phi) is 2.51. The molecule has 2 aromatic rings. The van der Waals surface area contributed by atoms with Crippen LogP contribution >= 0.6 is 0 Å². The Hall–Kier alpha value is -3.35. The zero-order valence-electron chi connectivity index (χ0n) is 11.9. The first kappa shape index (κ1) is 13.3. The van der Waals surface area contributed by atoms with Crippen molar-refractivity contribution in [3.63, 3.8) is 0 Å². The number of benzene rings is 1. The smallest absolute Gasteiger partial charge is 0.216 e. The van der Waals surface area contributed by atoms with E-state index in [4.69, 9.17) is 0 Å². The Morgan fingerprint density at radius 1 is 1.00 bits per heavy atom. The van der Waals surface area contributed by atoms with Gasteiger partial charge in [0.1, 0.15) is 16.4 Å². The van der Waals surface area contributed by atoms with Gasteiger partial charge in [-0.25, -0.2) is 4.98 Å². The second-order valence-corrected chi connectivity index (χ2v) is 5.28. The van der Waals surface area contributed by atoms with E-state index in [0.29, 0.717) is 0 Å². The van der Waals surface area contributed by atoms with Gasteiger partial charge >= 0.3 is 0 Å². The first-order valence-corrected chi connectivity index (χ1v) is 6.77. The zero-order valence-corrected chi connectivity index (χ0v) is 11.9. The van der Waals surface area contributed by atoms with Crippen molar-refractivity contribution in [2.75, 3.05) is 0 Å². The first-order valence-electron chi connectivity index (χ1n) is 6.77. The Labute approximate surface area is 126 Å². The highest BCUT2D eigenvalue weighted by atomic mass is 16.4. The maximum atomic E-state index is 12.7. The second kappa shape index (κ2) is 4.33. The Morgan fingerprint density at radius 2 is 1.61 bits per heavy atom. The van der Waals surface area contributed by atoms with Gasteiger partial charge in [-0.05, 0) is 0 Å². The van der Waals surface area contributed by atoms with E-state index >= 15 is 0 Å². The molecule has 0 bridgehead atoms. The molecule has 1 aromatic carbocycles. The highest BCUT2D eigenvalue weighted by molar-refractivity contribution is 5.84. The summed E-state index contributed by atoms with van der Waals surface area (Å²) in [6.45, 7) is 0. The van der Waals surface area contributed by atoms with Crippen LogP contribution in [0.15, 0.2) is 50.1 Å². The number of hydrogen-bond acceptors (Lipinski definition) is 6. The number of nitrogens with zero attached hydrogens (tertiary/aromatic N) is 3. The highest BCUT2D eigenvalue weighted by Crippen LogP contribution is 2.07. The van der Waals surface area contributed by atoms with E-state index in [-0.39, 0.29) is 37.6 Å². The van der Waals surface area contributed by atoms with Crippen LogP contribution in [0.1, 0.15) is 0 Å². The number of aryl methyl sites for hydroxylation is 1. The predicted octanol–water partition coefficient (Wildman–Crippen LogP) is -0.303. The van der Waals surface area contributed by atoms with E-state index in [0.717, 1.165) is 0 Å². The fraction of sp³-hybridized carbons (Fsp3) is 0.0625. The molecule has 1 N–H and O–H groups in total. The van der Waals surface area contributed by atoms with Gasteiger partial charge < -0.3 is 9.77 Å². The van der Waals surface area contributed by atoms with E-state index in [9.17, 15) is 19.6 Å². The summed E-state index contributed by atoms with van der Waals surface area (Å²) >= 11 is 0. The van der Waals surface area contributed by atoms with E-state index in [1.807, 2.05) is 0 Å². The normalized spacial score (nSPS) is 12.7. The monoisotopic (exact) mass is 307 g/mol. The lowest BCUT2D eigenvalue weighted by Crippen LogP contribution is -2.30. The average Bonchev–Trinajstić information content (AvgIpc) is 2.94. The molecule has 1 aromatic heterocycles. The summed E-state index contributed by atoms with van der Waals surface area (Å²) in [5.41, 5.74) is -1.44. The van der Waals surface area contributed by atoms with Gasteiger partial charge in [-0.2, -0.15) is 0 Å². The maximum absolute atomic E-state index is 12.7. The van der Waals surface area contributed by atoms with Crippen LogP contribution in [-0.4, -0.2) is 14.8 Å². The lowest BCUT2D eigenvalue weighted by Gasteiger charge is -1.99. The van der Waals surface area contributed by atoms with Crippen molar-refractivity contribution in [3.05, 3.63) is 77.1 Å². The third-order valence-electron chi connectivity index (χ3n) is 4.06. The first-order chi connectivity index (χ1) is 11.1. The Morgan fingerprint density at radius 3 is 2.22 bits per heavy atom. The molecule has 23 heavy (non-hydrogen) atoms. The lowest BCUT2D eigenvalue weighted by atomic mass is 10.0. The van der Waals surface area contributed by atoms with Crippen LogP contribution in [0, 0.1) is 10.4 Å². The second-order valence-electron chi connectivity index (χ2n) is 5.28. The molecule has 0 atom stereocenters. The molecule has 0 saturated carbocycles. The van der Waals surface area contributed by atoms with Gasteiger partial charge in [0, 0.05) is 17.8 Å². The van der Waals surface area contributed by atoms with Crippen molar-refractivity contribution in [2.24, 2.45) is 12.2 Å². The number of rotatable bonds is 0. The minimum Gasteiger partial charge on any atom is -0.410 e. The van der Waals surface area contributed by atoms with E-state index in [1.165, 1.54) is 23.0 Å². The molecule has 0 spiro atoms. The SMILES string of the molecule is Cn1cnc2/c(=N/O)c3c(=O)c4ccccc4c(=O)c=3c(=O)c21. The summed E-state index contributed by atoms with van der Waals surface area (Å²) in [6, 6.07) is 6.26. The van der Waals surface area contributed by atoms with Gasteiger partial charge in [-0.1, -0.05) is 29.4 Å². The molecule has 2 aliphatic carbocycles. The fourth-order valence-electron chi connectivity index (χ4n) is 3.02. The molecule has 0 aliphatic heterocycles. The summed E-state index contributed by atoms with van der Waals surface area (Å²) in [5, 5.41) is 12.2. The van der Waals surface area contributed by atoms with Crippen LogP contribution in [0.5, 0.6) is 0 Å². The number of hydrogen-bond donors (Lipinski definition) is 1. The highest BCUT2D eigenvalue weighted by Gasteiger charge is 2.18. The number of imidazole rings is 1. The molecule has 4 rings (SSSR count). The molecule has 7 heteroatoms. The van der Waals surface area contributed by atoms with Crippen LogP contribution in [0.25, 0.3) is 21.8 Å². The topological polar surface area (TPSA) is 102 Å². The maximum Gasteiger partial charge on any atom is 0.216 e. The summed E-state index contributed by atoms with van der Waals surface area (Å²) in [6.07, 6.45) is 1.37. The van der Waals surface area contributed by atoms with Gasteiger partial charge in [-0.3, -0.25) is 14.4 Å². The van der Waals surface area contributed by atoms with Crippen LogP contribution in [0.4, 0.5) is 0 Å². The fourth-order valence-corrected chi connectivity index (χ4v) is 3.02. The van der Waals surface area contributed by atoms with Gasteiger partial charge in [0.25, 0.3) is 0 Å². The molecule has 0 fully saturated rings. The number of fused-ring (bicyclic) bond motifs is 2. The zero-order chi connectivity index (χ0) is 16.3. The van der Waals surface area contributed by atoms with Gasteiger partial charge in [0.2, 0.25) is 5.43 Å². The van der Waals surface area contributed by atoms with Gasteiger partial charge in [0.15, 0.2) is 10.9 Å². The van der Waals surface area contributed by atoms with Crippen molar-refractivity contribution in [1.29, 1.82) is 0 Å². The van der Waals surface area contributed by atoms with E-state index in [1.54, 1.807) is 19.2 Å². The van der Waals surface area contributed by atoms with Crippen LogP contribution < -0.4 is 21.6 Å². The third-order valence-corrected chi connectivity index (χ3v) is 4.06. The minimum atomic E-state index is -0.588. The molecule has 0 amide bonds. The summed E-state index contributed by atoms with van der Waals surface area (Å²) in [7, 11) is 1.59. The van der Waals surface area contributed by atoms with Crippen LogP contribution in [0.2, 0.25) is 0 Å². The lowest BCUT2D eigenvalue weighted by molar-refractivity contribution is 0.302. The van der Waals surface area contributed by atoms with Crippen molar-refractivity contribution in [2.45, 2.75) is 0 Å². The molecule has 7 nitrogen and oxygen atoms in total. The third kappa shape index (κ3) is 1.50. The standard InChI is InChI=1S/C16H9N3O4/c1-19-6-17-12-11(18-23)9-10(16(22)13(12)19)15(21)8-5-3-2-4-7(8)14(9)20/h2-6,23H,1H3/b18-11+. The van der Waals surface area contributed by atoms with Gasteiger partial charge in [0.05, 0.1) is 16.8 Å². The number of aromatic nitrogens is 2. The van der Waals surface area contributed by atoms with Crippen molar-refractivity contribution < 1.29 is 5.21 Å². The summed E-state index contributed by atoms with van der Waals surface area (Å²) in [4.78, 5) is 42.2. The Bertz CT molecular complexity index is 1390. The molecule has 2 aliphatic rings. The quantitative estimate of drug-likeness (QED) is 0.355. The van der Waals surface area contributed by atoms with E-state index in [2.05, 4.69) is 10.1 Å². The van der Waals surface area contributed by atoms with Crippen molar-refractivity contribution in [3.8, 4) is 0 Å². The predicted molar refractivity (Wildman–Crippen MR) is 82.1 cm³/mol. The van der Waals surface area contributed by atoms with Crippen molar-refractivity contribution in [1.82, 2.24) is 9.55 Å². The van der Waals surface area contributed by atoms with Crippen LogP contribution in [0.3, 0.4) is 0 Å². The van der Waals surface area contributed by atoms with E-state index < -0.39 is 16.3 Å². The average molecular weight is 307 g/mol. The molecule has 112 valence electrons. The largest absolute Gasteiger partial charge is 0.410 e. The van der Waals surface area contributed by atoms with Crippen LogP contribution in [-0.2, 0) is 7.05 Å². The molecule has 1 heterocycles. The molecule has 0 radical (unpaired) electrons. The summed E-state index contributed by atoms with van der Waals surface area (Å²) < 4.78 is 1.44. The van der Waals surface area contributed by atoms with Gasteiger partial charge in [-0.15, -0.1) is 0 Å². The Balaban J connectivity index is 2.66. The molecular formula is C16H9N3O4. The minimum absolute atomic E-state index is 0.0966. The summed E-state index contributed by atoms with van der Waals surface area (Å²) in [5.74, 6) is 0. The molecular weight excluding hydrogens is 298 g/mol. The van der Waals surface area contributed by atoms with Crippen molar-refractivity contribution >= 4 is 21.8 Å². The molecule has 0 unspecified atom stereocenters. The molecule has 0 saturated heterocycles.